The molecular weight excluding hydrogens is 318 g/mol. The van der Waals surface area contributed by atoms with Crippen LogP contribution in [0.15, 0.2) is 22.7 Å². The molecule has 1 aliphatic rings. The molecule has 1 aromatic carbocycles. The monoisotopic (exact) mass is 339 g/mol. The van der Waals surface area contributed by atoms with Gasteiger partial charge in [0.15, 0.2) is 0 Å². The molecule has 1 aliphatic heterocycles. The van der Waals surface area contributed by atoms with Crippen LogP contribution >= 0.6 is 15.9 Å². The predicted molar refractivity (Wildman–Crippen MR) is 83.9 cm³/mol. The summed E-state index contributed by atoms with van der Waals surface area (Å²) in [5.74, 6) is 0.797. The summed E-state index contributed by atoms with van der Waals surface area (Å²) < 4.78 is 0.612. The van der Waals surface area contributed by atoms with Crippen LogP contribution in [0.4, 0.5) is 0 Å². The Bertz CT molecular complexity index is 500. The third-order valence-electron chi connectivity index (χ3n) is 4.20. The summed E-state index contributed by atoms with van der Waals surface area (Å²) in [5, 5.41) is 9.68. The summed E-state index contributed by atoms with van der Waals surface area (Å²) in [6.45, 7) is 8.40. The lowest BCUT2D eigenvalue weighted by Gasteiger charge is -2.38. The maximum atomic E-state index is 12.4. The van der Waals surface area contributed by atoms with E-state index in [1.165, 1.54) is 6.07 Å². The molecule has 0 bridgehead atoms. The van der Waals surface area contributed by atoms with Crippen molar-refractivity contribution in [3.05, 3.63) is 28.2 Å². The fourth-order valence-corrected chi connectivity index (χ4v) is 3.02. The molecule has 0 atom stereocenters. The maximum Gasteiger partial charge on any atom is 0.253 e. The van der Waals surface area contributed by atoms with Gasteiger partial charge in [-0.25, -0.2) is 0 Å². The highest BCUT2D eigenvalue weighted by Crippen LogP contribution is 2.34. The lowest BCUT2D eigenvalue weighted by atomic mass is 9.75. The van der Waals surface area contributed by atoms with Crippen molar-refractivity contribution in [3.8, 4) is 5.75 Å². The molecule has 20 heavy (non-hydrogen) atoms. The van der Waals surface area contributed by atoms with Crippen LogP contribution in [0, 0.1) is 11.3 Å². The first-order valence-corrected chi connectivity index (χ1v) is 7.86. The second-order valence-corrected chi connectivity index (χ2v) is 7.45. The van der Waals surface area contributed by atoms with Gasteiger partial charge in [-0.1, -0.05) is 20.8 Å². The van der Waals surface area contributed by atoms with Crippen molar-refractivity contribution in [3.63, 3.8) is 0 Å². The lowest BCUT2D eigenvalue weighted by Crippen LogP contribution is -2.41. The quantitative estimate of drug-likeness (QED) is 0.838. The zero-order valence-corrected chi connectivity index (χ0v) is 13.9. The topological polar surface area (TPSA) is 40.5 Å². The molecule has 3 nitrogen and oxygen atoms in total. The fraction of sp³-hybridized carbons (Fsp3) is 0.562. The maximum absolute atomic E-state index is 12.4. The third kappa shape index (κ3) is 3.35. The van der Waals surface area contributed by atoms with Gasteiger partial charge in [0.25, 0.3) is 5.91 Å². The predicted octanol–water partition coefficient (Wildman–Crippen LogP) is 4.05. The van der Waals surface area contributed by atoms with Gasteiger partial charge in [0.1, 0.15) is 5.75 Å². The fourth-order valence-electron chi connectivity index (χ4n) is 2.78. The van der Waals surface area contributed by atoms with Crippen molar-refractivity contribution in [2.75, 3.05) is 13.1 Å². The Balaban J connectivity index is 2.03. The Labute approximate surface area is 129 Å². The number of phenols is 1. The molecule has 0 spiro atoms. The van der Waals surface area contributed by atoms with Gasteiger partial charge in [0.2, 0.25) is 0 Å². The highest BCUT2D eigenvalue weighted by molar-refractivity contribution is 9.10. The number of carbonyl (C=O) groups excluding carboxylic acids is 1. The number of carbonyl (C=O) groups is 1. The number of phenolic OH excluding ortho intramolecular Hbond substituents is 1. The zero-order valence-electron chi connectivity index (χ0n) is 12.3. The van der Waals surface area contributed by atoms with Crippen molar-refractivity contribution >= 4 is 21.8 Å². The molecule has 1 aromatic rings. The van der Waals surface area contributed by atoms with Crippen LogP contribution in [-0.4, -0.2) is 29.0 Å². The Kier molecular flexibility index (Phi) is 4.43. The van der Waals surface area contributed by atoms with Crippen LogP contribution in [0.1, 0.15) is 44.0 Å². The van der Waals surface area contributed by atoms with E-state index in [4.69, 9.17) is 0 Å². The number of rotatable bonds is 1. The summed E-state index contributed by atoms with van der Waals surface area (Å²) in [6, 6.07) is 4.99. The summed E-state index contributed by atoms with van der Waals surface area (Å²) >= 11 is 3.23. The number of hydrogen-bond acceptors (Lipinski definition) is 2. The van der Waals surface area contributed by atoms with Crippen LogP contribution in [0.5, 0.6) is 5.75 Å². The van der Waals surface area contributed by atoms with Crippen LogP contribution in [-0.2, 0) is 0 Å². The smallest absolute Gasteiger partial charge is 0.253 e. The van der Waals surface area contributed by atoms with Gasteiger partial charge < -0.3 is 10.0 Å². The van der Waals surface area contributed by atoms with Gasteiger partial charge in [-0.3, -0.25) is 4.79 Å². The minimum atomic E-state index is 0.0140. The molecule has 0 saturated carbocycles. The molecule has 1 N–H and O–H groups in total. The first-order chi connectivity index (χ1) is 9.29. The molecule has 2 rings (SSSR count). The number of halogens is 1. The highest BCUT2D eigenvalue weighted by atomic mass is 79.9. The minimum absolute atomic E-state index is 0.0140. The molecule has 4 heteroatoms. The second-order valence-electron chi connectivity index (χ2n) is 6.60. The molecule has 1 fully saturated rings. The first-order valence-electron chi connectivity index (χ1n) is 7.07. The van der Waals surface area contributed by atoms with Gasteiger partial charge in [-0.15, -0.1) is 0 Å². The standard InChI is InChI=1S/C16H22BrNO2/c1-16(2,3)12-6-8-18(9-7-12)15(20)11-4-5-13(17)14(19)10-11/h4-5,10,12,19H,6-9H2,1-3H3. The molecule has 1 amide bonds. The van der Waals surface area contributed by atoms with Gasteiger partial charge >= 0.3 is 0 Å². The summed E-state index contributed by atoms with van der Waals surface area (Å²) in [5.41, 5.74) is 0.866. The molecule has 0 aromatic heterocycles. The molecule has 0 unspecified atom stereocenters. The number of nitrogens with zero attached hydrogens (tertiary/aromatic N) is 1. The van der Waals surface area contributed by atoms with Gasteiger partial charge in [-0.2, -0.15) is 0 Å². The van der Waals surface area contributed by atoms with Crippen molar-refractivity contribution in [1.29, 1.82) is 0 Å². The average molecular weight is 340 g/mol. The normalized spacial score (nSPS) is 17.3. The molecule has 1 saturated heterocycles. The largest absolute Gasteiger partial charge is 0.507 e. The lowest BCUT2D eigenvalue weighted by molar-refractivity contribution is 0.0608. The first kappa shape index (κ1) is 15.4. The van der Waals surface area contributed by atoms with Gasteiger partial charge in [-0.05, 0) is 58.3 Å². The number of amides is 1. The Morgan fingerprint density at radius 1 is 1.30 bits per heavy atom. The zero-order chi connectivity index (χ0) is 14.9. The van der Waals surface area contributed by atoms with Crippen molar-refractivity contribution in [2.45, 2.75) is 33.6 Å². The van der Waals surface area contributed by atoms with E-state index in [-0.39, 0.29) is 11.7 Å². The van der Waals surface area contributed by atoms with E-state index in [0.717, 1.165) is 25.9 Å². The summed E-state index contributed by atoms with van der Waals surface area (Å²) in [4.78, 5) is 14.3. The number of hydrogen-bond donors (Lipinski definition) is 1. The van der Waals surface area contributed by atoms with Gasteiger partial charge in [0, 0.05) is 18.7 Å². The number of piperidine rings is 1. The SMILES string of the molecule is CC(C)(C)C1CCN(C(=O)c2ccc(Br)c(O)c2)CC1. The van der Waals surface area contributed by atoms with E-state index in [0.29, 0.717) is 21.4 Å². The highest BCUT2D eigenvalue weighted by Gasteiger charge is 2.30. The summed E-state index contributed by atoms with van der Waals surface area (Å²) in [6.07, 6.45) is 2.11. The second kappa shape index (κ2) is 5.76. The molecule has 0 radical (unpaired) electrons. The Morgan fingerprint density at radius 2 is 1.90 bits per heavy atom. The molecular formula is C16H22BrNO2. The van der Waals surface area contributed by atoms with E-state index in [9.17, 15) is 9.90 Å². The Hall–Kier alpha value is -1.03. The minimum Gasteiger partial charge on any atom is -0.507 e. The number of likely N-dealkylation sites (tertiary alicyclic amines) is 1. The van der Waals surface area contributed by atoms with E-state index in [1.54, 1.807) is 12.1 Å². The van der Waals surface area contributed by atoms with E-state index < -0.39 is 0 Å². The van der Waals surface area contributed by atoms with E-state index in [1.807, 2.05) is 4.90 Å². The van der Waals surface area contributed by atoms with Crippen LogP contribution in [0.2, 0.25) is 0 Å². The number of aromatic hydroxyl groups is 1. The average Bonchev–Trinajstić information content (AvgIpc) is 2.40. The molecule has 1 heterocycles. The van der Waals surface area contributed by atoms with Crippen LogP contribution in [0.25, 0.3) is 0 Å². The van der Waals surface area contributed by atoms with Crippen molar-refractivity contribution in [1.82, 2.24) is 4.90 Å². The van der Waals surface area contributed by atoms with Gasteiger partial charge in [0.05, 0.1) is 4.47 Å². The van der Waals surface area contributed by atoms with Crippen molar-refractivity contribution in [2.24, 2.45) is 11.3 Å². The van der Waals surface area contributed by atoms with Crippen LogP contribution < -0.4 is 0 Å². The number of benzene rings is 1. The van der Waals surface area contributed by atoms with E-state index >= 15 is 0 Å². The molecule has 0 aliphatic carbocycles. The van der Waals surface area contributed by atoms with Crippen LogP contribution in [0.3, 0.4) is 0 Å². The Morgan fingerprint density at radius 3 is 2.40 bits per heavy atom. The third-order valence-corrected chi connectivity index (χ3v) is 4.87. The van der Waals surface area contributed by atoms with E-state index in [2.05, 4.69) is 36.7 Å². The summed E-state index contributed by atoms with van der Waals surface area (Å²) in [7, 11) is 0. The van der Waals surface area contributed by atoms with Crippen molar-refractivity contribution < 1.29 is 9.90 Å². The molecule has 110 valence electrons.